The second kappa shape index (κ2) is 10.5. The van der Waals surface area contributed by atoms with Crippen LogP contribution in [0, 0.1) is 6.92 Å². The van der Waals surface area contributed by atoms with E-state index in [1.54, 1.807) is 36.8 Å². The zero-order chi connectivity index (χ0) is 21.3. The number of aromatic nitrogens is 1. The van der Waals surface area contributed by atoms with Gasteiger partial charge in [0, 0.05) is 19.0 Å². The van der Waals surface area contributed by atoms with Crippen molar-refractivity contribution in [2.45, 2.75) is 13.5 Å². The lowest BCUT2D eigenvalue weighted by Gasteiger charge is -2.10. The smallest absolute Gasteiger partial charge is 0.275 e. The van der Waals surface area contributed by atoms with Crippen molar-refractivity contribution in [3.05, 3.63) is 75.7 Å². The van der Waals surface area contributed by atoms with Crippen LogP contribution in [0.2, 0.25) is 0 Å². The first-order chi connectivity index (χ1) is 14.6. The molecule has 0 bridgehead atoms. The number of thiazole rings is 1. The monoisotopic (exact) mass is 425 g/mol. The minimum absolute atomic E-state index is 0.275. The summed E-state index contributed by atoms with van der Waals surface area (Å²) in [5, 5.41) is 7.87. The van der Waals surface area contributed by atoms with Gasteiger partial charge >= 0.3 is 0 Å². The van der Waals surface area contributed by atoms with Crippen molar-refractivity contribution in [3.8, 4) is 5.75 Å². The van der Waals surface area contributed by atoms with Crippen LogP contribution < -0.4 is 15.4 Å². The molecular weight excluding hydrogens is 402 g/mol. The number of nitrogens with zero attached hydrogens (tertiary/aromatic N) is 1. The number of carbonyl (C=O) groups excluding carboxylic acids is 2. The Balaban J connectivity index is 1.61. The normalized spacial score (nSPS) is 10.5. The minimum Gasteiger partial charge on any atom is -0.486 e. The molecule has 0 spiro atoms. The molecule has 3 aromatic rings. The van der Waals surface area contributed by atoms with Crippen LogP contribution in [0.25, 0.3) is 0 Å². The van der Waals surface area contributed by atoms with E-state index in [4.69, 9.17) is 9.47 Å². The molecule has 0 aliphatic carbocycles. The summed E-state index contributed by atoms with van der Waals surface area (Å²) in [7, 11) is 1.56. The van der Waals surface area contributed by atoms with Crippen LogP contribution in [-0.4, -0.2) is 37.1 Å². The molecule has 0 saturated heterocycles. The van der Waals surface area contributed by atoms with Gasteiger partial charge in [-0.05, 0) is 31.2 Å². The molecule has 0 unspecified atom stereocenters. The topological polar surface area (TPSA) is 89.6 Å². The molecule has 2 amide bonds. The first kappa shape index (κ1) is 21.5. The number of methoxy groups -OCH3 is 1. The van der Waals surface area contributed by atoms with Crippen LogP contribution in [0.15, 0.2) is 53.9 Å². The fourth-order valence-corrected chi connectivity index (χ4v) is 3.28. The summed E-state index contributed by atoms with van der Waals surface area (Å²) < 4.78 is 10.6. The third-order valence-electron chi connectivity index (χ3n) is 4.18. The first-order valence-corrected chi connectivity index (χ1v) is 10.3. The van der Waals surface area contributed by atoms with E-state index < -0.39 is 0 Å². The maximum atomic E-state index is 12.6. The molecule has 8 heteroatoms. The number of benzene rings is 2. The Labute approximate surface area is 179 Å². The van der Waals surface area contributed by atoms with Gasteiger partial charge in [0.2, 0.25) is 0 Å². The maximum absolute atomic E-state index is 12.6. The van der Waals surface area contributed by atoms with Gasteiger partial charge in [-0.3, -0.25) is 9.59 Å². The highest BCUT2D eigenvalue weighted by Gasteiger charge is 2.16. The molecule has 0 aliphatic rings. The highest BCUT2D eigenvalue weighted by Crippen LogP contribution is 2.19. The van der Waals surface area contributed by atoms with Crippen molar-refractivity contribution in [3.63, 3.8) is 0 Å². The Morgan fingerprint density at radius 1 is 1.07 bits per heavy atom. The molecule has 0 radical (unpaired) electrons. The van der Waals surface area contributed by atoms with Gasteiger partial charge < -0.3 is 20.1 Å². The van der Waals surface area contributed by atoms with Crippen molar-refractivity contribution in [2.75, 3.05) is 25.6 Å². The van der Waals surface area contributed by atoms with E-state index >= 15 is 0 Å². The number of carbonyl (C=O) groups is 2. The lowest BCUT2D eigenvalue weighted by atomic mass is 10.1. The second-order valence-electron chi connectivity index (χ2n) is 6.48. The van der Waals surface area contributed by atoms with Crippen molar-refractivity contribution in [1.29, 1.82) is 0 Å². The van der Waals surface area contributed by atoms with Gasteiger partial charge in [-0.1, -0.05) is 29.8 Å². The summed E-state index contributed by atoms with van der Waals surface area (Å²) in [4.78, 5) is 29.3. The number of aryl methyl sites for hydroxylation is 1. The van der Waals surface area contributed by atoms with E-state index in [1.165, 1.54) is 11.3 Å². The number of hydrogen-bond donors (Lipinski definition) is 2. The van der Waals surface area contributed by atoms with Crippen LogP contribution in [-0.2, 0) is 11.3 Å². The average molecular weight is 426 g/mol. The van der Waals surface area contributed by atoms with E-state index in [0.717, 1.165) is 11.3 Å². The average Bonchev–Trinajstić information content (AvgIpc) is 3.23. The highest BCUT2D eigenvalue weighted by molar-refractivity contribution is 7.09. The van der Waals surface area contributed by atoms with Crippen molar-refractivity contribution in [2.24, 2.45) is 0 Å². The molecule has 3 rings (SSSR count). The van der Waals surface area contributed by atoms with Crippen molar-refractivity contribution < 1.29 is 19.1 Å². The van der Waals surface area contributed by atoms with Gasteiger partial charge in [0.25, 0.3) is 11.8 Å². The van der Waals surface area contributed by atoms with Gasteiger partial charge in [-0.15, -0.1) is 11.3 Å². The molecule has 1 aromatic heterocycles. The lowest BCUT2D eigenvalue weighted by Crippen LogP contribution is -2.28. The zero-order valence-electron chi connectivity index (χ0n) is 16.8. The van der Waals surface area contributed by atoms with Crippen LogP contribution in [0.5, 0.6) is 5.75 Å². The van der Waals surface area contributed by atoms with Crippen molar-refractivity contribution >= 4 is 28.8 Å². The molecule has 0 aliphatic heterocycles. The van der Waals surface area contributed by atoms with E-state index in [2.05, 4.69) is 15.6 Å². The SMILES string of the molecule is COCCNC(=O)c1ccccc1NC(=O)c1csc(COc2ccc(C)cc2)n1. The van der Waals surface area contributed by atoms with E-state index in [-0.39, 0.29) is 24.1 Å². The first-order valence-electron chi connectivity index (χ1n) is 9.38. The second-order valence-corrected chi connectivity index (χ2v) is 7.42. The summed E-state index contributed by atoms with van der Waals surface area (Å²) in [6.07, 6.45) is 0. The number of amides is 2. The summed E-state index contributed by atoms with van der Waals surface area (Å²) in [5.74, 6) is 0.0774. The zero-order valence-corrected chi connectivity index (χ0v) is 17.6. The van der Waals surface area contributed by atoms with Gasteiger partial charge in [0.1, 0.15) is 23.1 Å². The molecule has 0 atom stereocenters. The molecule has 7 nitrogen and oxygen atoms in total. The van der Waals surface area contributed by atoms with Crippen LogP contribution in [0.3, 0.4) is 0 Å². The predicted molar refractivity (Wildman–Crippen MR) is 116 cm³/mol. The quantitative estimate of drug-likeness (QED) is 0.511. The Morgan fingerprint density at radius 3 is 2.60 bits per heavy atom. The Kier molecular flexibility index (Phi) is 7.53. The Morgan fingerprint density at radius 2 is 1.83 bits per heavy atom. The molecular formula is C22H23N3O4S. The molecule has 156 valence electrons. The summed E-state index contributed by atoms with van der Waals surface area (Å²) in [6.45, 7) is 3.08. The number of anilines is 1. The predicted octanol–water partition coefficient (Wildman–Crippen LogP) is 3.66. The van der Waals surface area contributed by atoms with E-state index in [0.29, 0.717) is 29.4 Å². The number of ether oxygens (including phenoxy) is 2. The summed E-state index contributed by atoms with van der Waals surface area (Å²) in [5.41, 5.74) is 2.23. The largest absolute Gasteiger partial charge is 0.486 e. The van der Waals surface area contributed by atoms with Gasteiger partial charge in [-0.25, -0.2) is 4.98 Å². The number of nitrogens with one attached hydrogen (secondary N) is 2. The summed E-state index contributed by atoms with van der Waals surface area (Å²) >= 11 is 1.34. The van der Waals surface area contributed by atoms with E-state index in [1.807, 2.05) is 31.2 Å². The van der Waals surface area contributed by atoms with Crippen LogP contribution in [0.1, 0.15) is 31.4 Å². The minimum atomic E-state index is -0.384. The third kappa shape index (κ3) is 5.88. The Hall–Kier alpha value is -3.23. The fraction of sp³-hybridized carbons (Fsp3) is 0.227. The fourth-order valence-electron chi connectivity index (χ4n) is 2.60. The lowest BCUT2D eigenvalue weighted by molar-refractivity contribution is 0.0938. The van der Waals surface area contributed by atoms with Gasteiger partial charge in [0.15, 0.2) is 0 Å². The molecule has 1 heterocycles. The Bertz CT molecular complexity index is 1000. The summed E-state index contributed by atoms with van der Waals surface area (Å²) in [6, 6.07) is 14.6. The van der Waals surface area contributed by atoms with Gasteiger partial charge in [-0.2, -0.15) is 0 Å². The van der Waals surface area contributed by atoms with Crippen LogP contribution in [0.4, 0.5) is 5.69 Å². The molecule has 0 fully saturated rings. The number of para-hydroxylation sites is 1. The van der Waals surface area contributed by atoms with Crippen molar-refractivity contribution in [1.82, 2.24) is 10.3 Å². The number of rotatable bonds is 9. The standard InChI is InChI=1S/C22H23N3O4S/c1-15-7-9-16(10-8-15)29-13-20-24-19(14-30-20)22(27)25-18-6-4-3-5-17(18)21(26)23-11-12-28-2/h3-10,14H,11-13H2,1-2H3,(H,23,26)(H,25,27). The van der Waals surface area contributed by atoms with Gasteiger partial charge in [0.05, 0.1) is 17.9 Å². The third-order valence-corrected chi connectivity index (χ3v) is 5.00. The molecule has 30 heavy (non-hydrogen) atoms. The number of hydrogen-bond acceptors (Lipinski definition) is 6. The molecule has 2 N–H and O–H groups in total. The maximum Gasteiger partial charge on any atom is 0.275 e. The molecule has 0 saturated carbocycles. The highest BCUT2D eigenvalue weighted by atomic mass is 32.1. The van der Waals surface area contributed by atoms with E-state index in [9.17, 15) is 9.59 Å². The molecule has 2 aromatic carbocycles. The van der Waals surface area contributed by atoms with Crippen LogP contribution >= 0.6 is 11.3 Å².